The second-order valence-corrected chi connectivity index (χ2v) is 6.42. The van der Waals surface area contributed by atoms with Crippen molar-refractivity contribution >= 4 is 22.5 Å². The van der Waals surface area contributed by atoms with Gasteiger partial charge in [0.15, 0.2) is 0 Å². The van der Waals surface area contributed by atoms with Gasteiger partial charge in [-0.15, -0.1) is 10.2 Å². The average Bonchev–Trinajstić information content (AvgIpc) is 2.92. The molecular formula is C13H19F3N4OS. The quantitative estimate of drug-likeness (QED) is 0.912. The predicted molar refractivity (Wildman–Crippen MR) is 77.9 cm³/mol. The molecule has 0 bridgehead atoms. The Balaban J connectivity index is 1.90. The third-order valence-corrected chi connectivity index (χ3v) is 4.49. The van der Waals surface area contributed by atoms with E-state index in [4.69, 9.17) is 0 Å². The smallest absolute Gasteiger partial charge is 0.324 e. The molecule has 0 saturated carbocycles. The summed E-state index contributed by atoms with van der Waals surface area (Å²) in [4.78, 5) is 13.3. The Morgan fingerprint density at radius 2 is 2.23 bits per heavy atom. The third-order valence-electron chi connectivity index (χ3n) is 3.60. The normalized spacial score (nSPS) is 19.3. The fraction of sp³-hybridized carbons (Fsp3) is 0.769. The maximum absolute atomic E-state index is 12.7. The summed E-state index contributed by atoms with van der Waals surface area (Å²) in [6.45, 7) is 2.11. The van der Waals surface area contributed by atoms with Crippen molar-refractivity contribution in [2.45, 2.75) is 45.2 Å². The fourth-order valence-corrected chi connectivity index (χ4v) is 3.10. The molecule has 1 saturated heterocycles. The number of anilines is 1. The van der Waals surface area contributed by atoms with Crippen molar-refractivity contribution in [2.75, 3.05) is 18.4 Å². The Labute approximate surface area is 130 Å². The lowest BCUT2D eigenvalue weighted by Crippen LogP contribution is -2.46. The zero-order valence-corrected chi connectivity index (χ0v) is 13.1. The van der Waals surface area contributed by atoms with Crippen molar-refractivity contribution in [2.24, 2.45) is 5.92 Å². The van der Waals surface area contributed by atoms with Crippen LogP contribution < -0.4 is 5.32 Å². The number of likely N-dealkylation sites (tertiary alicyclic amines) is 1. The van der Waals surface area contributed by atoms with Crippen LogP contribution in [0.25, 0.3) is 0 Å². The van der Waals surface area contributed by atoms with E-state index in [1.807, 2.05) is 0 Å². The number of carbonyl (C=O) groups excluding carboxylic acids is 1. The third kappa shape index (κ3) is 4.56. The van der Waals surface area contributed by atoms with E-state index >= 15 is 0 Å². The molecular weight excluding hydrogens is 317 g/mol. The summed E-state index contributed by atoms with van der Waals surface area (Å²) >= 11 is 1.27. The molecule has 0 spiro atoms. The highest BCUT2D eigenvalue weighted by Crippen LogP contribution is 2.33. The number of carbonyl (C=O) groups is 1. The number of halogens is 3. The number of nitrogens with one attached hydrogen (secondary N) is 1. The van der Waals surface area contributed by atoms with E-state index in [9.17, 15) is 18.0 Å². The average molecular weight is 336 g/mol. The van der Waals surface area contributed by atoms with Crippen molar-refractivity contribution in [3.63, 3.8) is 0 Å². The Hall–Kier alpha value is -1.38. The van der Waals surface area contributed by atoms with Crippen LogP contribution >= 0.6 is 11.3 Å². The van der Waals surface area contributed by atoms with Gasteiger partial charge in [0.2, 0.25) is 5.13 Å². The van der Waals surface area contributed by atoms with Gasteiger partial charge < -0.3 is 4.90 Å². The molecule has 0 aliphatic carbocycles. The van der Waals surface area contributed by atoms with E-state index < -0.39 is 18.1 Å². The molecule has 2 amide bonds. The van der Waals surface area contributed by atoms with E-state index in [0.29, 0.717) is 18.1 Å². The van der Waals surface area contributed by atoms with Gasteiger partial charge in [0.05, 0.1) is 5.92 Å². The monoisotopic (exact) mass is 336 g/mol. The SMILES string of the molecule is CCCCc1nnc(NC(=O)N2CCCC(C(F)(F)F)C2)s1. The number of rotatable bonds is 4. The lowest BCUT2D eigenvalue weighted by molar-refractivity contribution is -0.183. The lowest BCUT2D eigenvalue weighted by Gasteiger charge is -2.33. The van der Waals surface area contributed by atoms with Gasteiger partial charge in [-0.3, -0.25) is 5.32 Å². The number of nitrogens with zero attached hydrogens (tertiary/aromatic N) is 3. The first-order valence-electron chi connectivity index (χ1n) is 7.35. The van der Waals surface area contributed by atoms with Crippen LogP contribution in [0.2, 0.25) is 0 Å². The second kappa shape index (κ2) is 7.26. The summed E-state index contributed by atoms with van der Waals surface area (Å²) < 4.78 is 38.2. The maximum Gasteiger partial charge on any atom is 0.393 e. The predicted octanol–water partition coefficient (Wildman–Crippen LogP) is 3.69. The summed E-state index contributed by atoms with van der Waals surface area (Å²) in [6, 6.07) is -0.535. The summed E-state index contributed by atoms with van der Waals surface area (Å²) in [5, 5.41) is 11.5. The lowest BCUT2D eigenvalue weighted by atomic mass is 9.98. The molecule has 1 aliphatic heterocycles. The van der Waals surface area contributed by atoms with E-state index in [2.05, 4.69) is 22.4 Å². The zero-order chi connectivity index (χ0) is 16.2. The van der Waals surface area contributed by atoms with E-state index in [0.717, 1.165) is 24.3 Å². The van der Waals surface area contributed by atoms with Crippen molar-refractivity contribution in [3.05, 3.63) is 5.01 Å². The number of hydrogen-bond donors (Lipinski definition) is 1. The number of hydrogen-bond acceptors (Lipinski definition) is 4. The van der Waals surface area contributed by atoms with Crippen LogP contribution in [0.5, 0.6) is 0 Å². The minimum absolute atomic E-state index is 0.0766. The molecule has 1 N–H and O–H groups in total. The Morgan fingerprint density at radius 3 is 2.91 bits per heavy atom. The Morgan fingerprint density at radius 1 is 1.45 bits per heavy atom. The zero-order valence-electron chi connectivity index (χ0n) is 12.3. The van der Waals surface area contributed by atoms with Crippen LogP contribution in [0, 0.1) is 5.92 Å². The molecule has 9 heteroatoms. The molecule has 1 aromatic heterocycles. The molecule has 1 aliphatic rings. The molecule has 5 nitrogen and oxygen atoms in total. The summed E-state index contributed by atoms with van der Waals surface area (Å²) in [7, 11) is 0. The molecule has 1 unspecified atom stereocenters. The highest BCUT2D eigenvalue weighted by Gasteiger charge is 2.42. The van der Waals surface area contributed by atoms with Gasteiger partial charge in [-0.05, 0) is 19.3 Å². The van der Waals surface area contributed by atoms with Gasteiger partial charge in [0.25, 0.3) is 0 Å². The number of piperidine rings is 1. The van der Waals surface area contributed by atoms with Crippen LogP contribution in [0.4, 0.5) is 23.1 Å². The van der Waals surface area contributed by atoms with Gasteiger partial charge in [-0.2, -0.15) is 13.2 Å². The van der Waals surface area contributed by atoms with Crippen molar-refractivity contribution < 1.29 is 18.0 Å². The molecule has 1 aromatic rings. The minimum atomic E-state index is -4.25. The topological polar surface area (TPSA) is 58.1 Å². The number of amides is 2. The van der Waals surface area contributed by atoms with Crippen LogP contribution in [0.3, 0.4) is 0 Å². The van der Waals surface area contributed by atoms with Crippen LogP contribution in [-0.4, -0.2) is 40.4 Å². The Kier molecular flexibility index (Phi) is 5.60. The van der Waals surface area contributed by atoms with Crippen LogP contribution in [0.15, 0.2) is 0 Å². The first kappa shape index (κ1) is 17.0. The molecule has 1 atom stereocenters. The summed E-state index contributed by atoms with van der Waals surface area (Å²) in [5.74, 6) is -1.44. The first-order chi connectivity index (χ1) is 10.4. The Bertz CT molecular complexity index is 506. The van der Waals surface area contributed by atoms with Crippen molar-refractivity contribution in [3.8, 4) is 0 Å². The fourth-order valence-electron chi connectivity index (χ4n) is 2.33. The van der Waals surface area contributed by atoms with Gasteiger partial charge >= 0.3 is 12.2 Å². The highest BCUT2D eigenvalue weighted by atomic mass is 32.1. The molecule has 2 heterocycles. The standard InChI is InChI=1S/C13H19F3N4OS/c1-2-3-6-10-18-19-11(22-10)17-12(21)20-7-4-5-9(8-20)13(14,15)16/h9H,2-8H2,1H3,(H,17,19,21). The van der Waals surface area contributed by atoms with Gasteiger partial charge in [0.1, 0.15) is 5.01 Å². The molecule has 1 fully saturated rings. The van der Waals surface area contributed by atoms with E-state index in [-0.39, 0.29) is 13.0 Å². The van der Waals surface area contributed by atoms with Crippen LogP contribution in [-0.2, 0) is 6.42 Å². The van der Waals surface area contributed by atoms with Gasteiger partial charge in [-0.1, -0.05) is 24.7 Å². The number of urea groups is 1. The number of aryl methyl sites for hydroxylation is 1. The molecule has 0 aromatic carbocycles. The molecule has 22 heavy (non-hydrogen) atoms. The molecule has 124 valence electrons. The van der Waals surface area contributed by atoms with E-state index in [1.165, 1.54) is 16.2 Å². The highest BCUT2D eigenvalue weighted by molar-refractivity contribution is 7.15. The second-order valence-electron chi connectivity index (χ2n) is 5.36. The van der Waals surface area contributed by atoms with Gasteiger partial charge in [0, 0.05) is 19.5 Å². The van der Waals surface area contributed by atoms with Crippen LogP contribution in [0.1, 0.15) is 37.6 Å². The largest absolute Gasteiger partial charge is 0.393 e. The summed E-state index contributed by atoms with van der Waals surface area (Å²) in [5.41, 5.74) is 0. The number of aromatic nitrogens is 2. The molecule has 2 rings (SSSR count). The van der Waals surface area contributed by atoms with E-state index in [1.54, 1.807) is 0 Å². The summed E-state index contributed by atoms with van der Waals surface area (Å²) in [6.07, 6.45) is -1.00. The minimum Gasteiger partial charge on any atom is -0.324 e. The van der Waals surface area contributed by atoms with Crippen molar-refractivity contribution in [1.29, 1.82) is 0 Å². The van der Waals surface area contributed by atoms with Crippen molar-refractivity contribution in [1.82, 2.24) is 15.1 Å². The van der Waals surface area contributed by atoms with Gasteiger partial charge in [-0.25, -0.2) is 4.79 Å². The maximum atomic E-state index is 12.7. The number of alkyl halides is 3. The molecule has 0 radical (unpaired) electrons. The number of unbranched alkanes of at least 4 members (excludes halogenated alkanes) is 1. The first-order valence-corrected chi connectivity index (χ1v) is 8.16.